The van der Waals surface area contributed by atoms with Gasteiger partial charge in [-0.25, -0.2) is 8.78 Å². The zero-order chi connectivity index (χ0) is 12.4. The van der Waals surface area contributed by atoms with E-state index in [9.17, 15) is 8.78 Å². The van der Waals surface area contributed by atoms with Gasteiger partial charge in [0.15, 0.2) is 0 Å². The van der Waals surface area contributed by atoms with Crippen molar-refractivity contribution in [2.75, 3.05) is 0 Å². The Hall–Kier alpha value is -1.45. The highest BCUT2D eigenvalue weighted by atomic mass is 35.5. The van der Waals surface area contributed by atoms with Crippen LogP contribution in [0.4, 0.5) is 8.78 Å². The zero-order valence-electron chi connectivity index (χ0n) is 8.88. The molecule has 0 heterocycles. The molecule has 2 aromatic carbocycles. The molecular weight excluding hydrogens is 244 g/mol. The number of halogens is 3. The van der Waals surface area contributed by atoms with Crippen LogP contribution in [0.1, 0.15) is 5.56 Å². The van der Waals surface area contributed by atoms with Crippen LogP contribution in [0.15, 0.2) is 36.4 Å². The number of hydrogen-bond acceptors (Lipinski definition) is 1. The van der Waals surface area contributed by atoms with E-state index in [1.54, 1.807) is 18.2 Å². The molecule has 0 aliphatic carbocycles. The summed E-state index contributed by atoms with van der Waals surface area (Å²) in [6.45, 7) is 0.0999. The van der Waals surface area contributed by atoms with Crippen molar-refractivity contribution in [1.29, 1.82) is 0 Å². The van der Waals surface area contributed by atoms with Crippen LogP contribution >= 0.6 is 11.6 Å². The molecule has 0 radical (unpaired) electrons. The summed E-state index contributed by atoms with van der Waals surface area (Å²) in [5.74, 6) is -0.787. The summed E-state index contributed by atoms with van der Waals surface area (Å²) in [6.07, 6.45) is 0. The average molecular weight is 254 g/mol. The van der Waals surface area contributed by atoms with Gasteiger partial charge >= 0.3 is 0 Å². The number of hydrogen-bond donors (Lipinski definition) is 1. The van der Waals surface area contributed by atoms with Gasteiger partial charge in [0.05, 0.1) is 0 Å². The van der Waals surface area contributed by atoms with E-state index >= 15 is 0 Å². The molecule has 17 heavy (non-hydrogen) atoms. The van der Waals surface area contributed by atoms with Gasteiger partial charge in [0.25, 0.3) is 0 Å². The zero-order valence-corrected chi connectivity index (χ0v) is 9.64. The van der Waals surface area contributed by atoms with Crippen molar-refractivity contribution in [2.45, 2.75) is 6.54 Å². The topological polar surface area (TPSA) is 26.0 Å². The number of nitrogens with two attached hydrogens (primary N) is 1. The van der Waals surface area contributed by atoms with Gasteiger partial charge in [0, 0.05) is 17.1 Å². The maximum absolute atomic E-state index is 13.3. The SMILES string of the molecule is NCc1cc(-c2cc(F)cc(Cl)c2)ccc1F. The third-order valence-electron chi connectivity index (χ3n) is 2.46. The van der Waals surface area contributed by atoms with Crippen LogP contribution in [0.3, 0.4) is 0 Å². The molecule has 0 aromatic heterocycles. The molecule has 0 unspecified atom stereocenters. The Morgan fingerprint density at radius 3 is 2.41 bits per heavy atom. The Kier molecular flexibility index (Phi) is 3.41. The van der Waals surface area contributed by atoms with E-state index in [1.165, 1.54) is 18.2 Å². The first-order chi connectivity index (χ1) is 8.10. The van der Waals surface area contributed by atoms with Crippen molar-refractivity contribution in [3.05, 3.63) is 58.6 Å². The summed E-state index contributed by atoms with van der Waals surface area (Å²) in [4.78, 5) is 0. The monoisotopic (exact) mass is 253 g/mol. The lowest BCUT2D eigenvalue weighted by Gasteiger charge is -2.06. The maximum Gasteiger partial charge on any atom is 0.127 e. The molecule has 0 aliphatic rings. The van der Waals surface area contributed by atoms with Crippen molar-refractivity contribution < 1.29 is 8.78 Å². The third kappa shape index (κ3) is 2.62. The minimum absolute atomic E-state index is 0.0999. The Morgan fingerprint density at radius 2 is 1.76 bits per heavy atom. The highest BCUT2D eigenvalue weighted by Crippen LogP contribution is 2.26. The number of rotatable bonds is 2. The van der Waals surface area contributed by atoms with Crippen LogP contribution in [0.2, 0.25) is 5.02 Å². The Morgan fingerprint density at radius 1 is 1.00 bits per heavy atom. The molecule has 0 atom stereocenters. The fraction of sp³-hybridized carbons (Fsp3) is 0.0769. The maximum atomic E-state index is 13.3. The first-order valence-corrected chi connectivity index (χ1v) is 5.43. The molecule has 0 saturated heterocycles. The third-order valence-corrected chi connectivity index (χ3v) is 2.68. The van der Waals surface area contributed by atoms with Crippen LogP contribution in [-0.4, -0.2) is 0 Å². The quantitative estimate of drug-likeness (QED) is 0.867. The van der Waals surface area contributed by atoms with Gasteiger partial charge < -0.3 is 5.73 Å². The highest BCUT2D eigenvalue weighted by Gasteiger charge is 2.06. The van der Waals surface area contributed by atoms with Gasteiger partial charge in [0.2, 0.25) is 0 Å². The lowest BCUT2D eigenvalue weighted by Crippen LogP contribution is -1.99. The van der Waals surface area contributed by atoms with Gasteiger partial charge in [0.1, 0.15) is 11.6 Å². The van der Waals surface area contributed by atoms with Crippen LogP contribution in [0.25, 0.3) is 11.1 Å². The smallest absolute Gasteiger partial charge is 0.127 e. The largest absolute Gasteiger partial charge is 0.326 e. The standard InChI is InChI=1S/C13H10ClF2N/c14-11-4-9(5-12(15)6-11)8-1-2-13(16)10(3-8)7-17/h1-6H,7,17H2. The normalized spacial score (nSPS) is 10.6. The molecule has 2 N–H and O–H groups in total. The van der Waals surface area contributed by atoms with Gasteiger partial charge in [-0.3, -0.25) is 0 Å². The summed E-state index contributed by atoms with van der Waals surface area (Å²) in [5.41, 5.74) is 7.10. The predicted molar refractivity (Wildman–Crippen MR) is 64.7 cm³/mol. The summed E-state index contributed by atoms with van der Waals surface area (Å²) in [7, 11) is 0. The minimum Gasteiger partial charge on any atom is -0.326 e. The van der Waals surface area contributed by atoms with Gasteiger partial charge in [-0.15, -0.1) is 0 Å². The van der Waals surface area contributed by atoms with Crippen LogP contribution in [0.5, 0.6) is 0 Å². The van der Waals surface area contributed by atoms with Crippen LogP contribution in [-0.2, 0) is 6.54 Å². The lowest BCUT2D eigenvalue weighted by atomic mass is 10.0. The Balaban J connectivity index is 2.52. The van der Waals surface area contributed by atoms with E-state index in [0.29, 0.717) is 21.7 Å². The Labute approximate surface area is 103 Å². The summed E-state index contributed by atoms with van der Waals surface area (Å²) in [5, 5.41) is 0.304. The van der Waals surface area contributed by atoms with Crippen molar-refractivity contribution in [3.8, 4) is 11.1 Å². The summed E-state index contributed by atoms with van der Waals surface area (Å²) in [6, 6.07) is 8.67. The molecule has 0 aliphatic heterocycles. The van der Waals surface area contributed by atoms with E-state index in [-0.39, 0.29) is 12.4 Å². The van der Waals surface area contributed by atoms with Gasteiger partial charge in [-0.1, -0.05) is 17.7 Å². The lowest BCUT2D eigenvalue weighted by molar-refractivity contribution is 0.611. The minimum atomic E-state index is -0.425. The first kappa shape index (κ1) is 12.0. The second-order valence-corrected chi connectivity index (χ2v) is 4.10. The van der Waals surface area contributed by atoms with Gasteiger partial charge in [-0.05, 0) is 41.5 Å². The van der Waals surface area contributed by atoms with E-state index in [0.717, 1.165) is 0 Å². The molecule has 0 saturated carbocycles. The van der Waals surface area contributed by atoms with Crippen molar-refractivity contribution in [3.63, 3.8) is 0 Å². The van der Waals surface area contributed by atoms with E-state index < -0.39 is 5.82 Å². The fourth-order valence-electron chi connectivity index (χ4n) is 1.63. The molecular formula is C13H10ClF2N. The van der Waals surface area contributed by atoms with Crippen LogP contribution < -0.4 is 5.73 Å². The van der Waals surface area contributed by atoms with Gasteiger partial charge in [-0.2, -0.15) is 0 Å². The summed E-state index contributed by atoms with van der Waals surface area (Å²) >= 11 is 5.77. The second kappa shape index (κ2) is 4.82. The molecule has 0 amide bonds. The van der Waals surface area contributed by atoms with Crippen molar-refractivity contribution in [2.24, 2.45) is 5.73 Å². The highest BCUT2D eigenvalue weighted by molar-refractivity contribution is 6.30. The fourth-order valence-corrected chi connectivity index (χ4v) is 1.85. The predicted octanol–water partition coefficient (Wildman–Crippen LogP) is 3.74. The Bertz CT molecular complexity index is 535. The van der Waals surface area contributed by atoms with E-state index in [4.69, 9.17) is 17.3 Å². The second-order valence-electron chi connectivity index (χ2n) is 3.67. The first-order valence-electron chi connectivity index (χ1n) is 5.05. The molecule has 0 bridgehead atoms. The van der Waals surface area contributed by atoms with Crippen molar-refractivity contribution in [1.82, 2.24) is 0 Å². The molecule has 4 heteroatoms. The van der Waals surface area contributed by atoms with Crippen molar-refractivity contribution >= 4 is 11.6 Å². The molecule has 1 nitrogen and oxygen atoms in total. The molecule has 88 valence electrons. The van der Waals surface area contributed by atoms with E-state index in [1.807, 2.05) is 0 Å². The van der Waals surface area contributed by atoms with E-state index in [2.05, 4.69) is 0 Å². The van der Waals surface area contributed by atoms with Crippen LogP contribution in [0, 0.1) is 11.6 Å². The summed E-state index contributed by atoms with van der Waals surface area (Å²) < 4.78 is 26.5. The molecule has 2 rings (SSSR count). The average Bonchev–Trinajstić information content (AvgIpc) is 2.28. The number of benzene rings is 2. The molecule has 0 fully saturated rings. The molecule has 0 spiro atoms. The molecule has 2 aromatic rings.